The molecule has 2 heterocycles. The van der Waals surface area contributed by atoms with Gasteiger partial charge in [-0.25, -0.2) is 4.79 Å². The van der Waals surface area contributed by atoms with Crippen molar-refractivity contribution in [3.05, 3.63) is 101 Å². The summed E-state index contributed by atoms with van der Waals surface area (Å²) in [5.74, 6) is -1.04. The number of fused-ring (bicyclic) bond motifs is 1. The number of thioether (sulfide) groups is 1. The molecule has 3 aromatic rings. The second kappa shape index (κ2) is 10.8. The normalized spacial score (nSPS) is 15.4. The molecule has 7 nitrogen and oxygen atoms in total. The monoisotopic (exact) mass is 485 g/mol. The van der Waals surface area contributed by atoms with Crippen molar-refractivity contribution < 1.29 is 18.7 Å². The number of carbonyl (C=O) groups is 2. The van der Waals surface area contributed by atoms with Gasteiger partial charge in [-0.3, -0.25) is 4.79 Å². The molecule has 2 N–H and O–H groups in total. The van der Waals surface area contributed by atoms with Crippen molar-refractivity contribution in [2.75, 3.05) is 17.7 Å². The van der Waals surface area contributed by atoms with Crippen LogP contribution in [0.1, 0.15) is 18.6 Å². The van der Waals surface area contributed by atoms with E-state index in [4.69, 9.17) is 9.15 Å². The molecule has 1 atom stereocenters. The fraction of sp³-hybridized carbons (Fsp3) is 0.148. The summed E-state index contributed by atoms with van der Waals surface area (Å²) in [6.07, 6.45) is 2.96. The summed E-state index contributed by atoms with van der Waals surface area (Å²) in [4.78, 5) is 25.6. The van der Waals surface area contributed by atoms with E-state index in [0.717, 1.165) is 16.5 Å². The Morgan fingerprint density at radius 1 is 1.23 bits per heavy atom. The number of carbonyl (C=O) groups excluding carboxylic acids is 2. The fourth-order valence-electron chi connectivity index (χ4n) is 3.91. The lowest BCUT2D eigenvalue weighted by Crippen LogP contribution is -2.29. The minimum absolute atomic E-state index is 0.0437. The van der Waals surface area contributed by atoms with E-state index in [1.807, 2.05) is 42.5 Å². The first-order valence-corrected chi connectivity index (χ1v) is 11.9. The molecular formula is C27H23N3O4S. The SMILES string of the molecule is C=CCOC(=O)C1=C(C)NC(SCC(=O)Nc2cccc3ccccc23)=C(C#N)[C@H]1c1ccco1. The second-order valence-electron chi connectivity index (χ2n) is 7.72. The maximum atomic E-state index is 12.8. The number of hydrogen-bond acceptors (Lipinski definition) is 7. The number of dihydropyridines is 1. The summed E-state index contributed by atoms with van der Waals surface area (Å²) in [5, 5.41) is 18.5. The molecule has 0 unspecified atom stereocenters. The van der Waals surface area contributed by atoms with Crippen LogP contribution in [0.3, 0.4) is 0 Å². The zero-order valence-corrected chi connectivity index (χ0v) is 19.9. The number of nitrogens with zero attached hydrogens (tertiary/aromatic N) is 1. The number of ether oxygens (including phenoxy) is 1. The Morgan fingerprint density at radius 3 is 2.77 bits per heavy atom. The van der Waals surface area contributed by atoms with Gasteiger partial charge in [0.15, 0.2) is 0 Å². The first-order valence-electron chi connectivity index (χ1n) is 10.9. The maximum Gasteiger partial charge on any atom is 0.337 e. The van der Waals surface area contributed by atoms with Crippen LogP contribution in [0, 0.1) is 11.3 Å². The molecule has 1 aliphatic rings. The molecule has 0 aliphatic carbocycles. The number of nitriles is 1. The third kappa shape index (κ3) is 5.15. The number of amides is 1. The number of anilines is 1. The summed E-state index contributed by atoms with van der Waals surface area (Å²) in [6, 6.07) is 19.1. The van der Waals surface area contributed by atoms with Gasteiger partial charge in [0.05, 0.1) is 40.2 Å². The van der Waals surface area contributed by atoms with Gasteiger partial charge in [0.1, 0.15) is 12.4 Å². The van der Waals surface area contributed by atoms with Gasteiger partial charge in [-0.15, -0.1) is 0 Å². The van der Waals surface area contributed by atoms with Crippen LogP contribution in [0.5, 0.6) is 0 Å². The summed E-state index contributed by atoms with van der Waals surface area (Å²) in [6.45, 7) is 5.34. The molecule has 176 valence electrons. The lowest BCUT2D eigenvalue weighted by atomic mass is 9.86. The van der Waals surface area contributed by atoms with E-state index in [0.29, 0.717) is 16.5 Å². The van der Waals surface area contributed by atoms with Crippen LogP contribution >= 0.6 is 11.8 Å². The van der Waals surface area contributed by atoms with E-state index in [2.05, 4.69) is 23.3 Å². The van der Waals surface area contributed by atoms with Crippen LogP contribution in [0.25, 0.3) is 10.8 Å². The zero-order valence-electron chi connectivity index (χ0n) is 19.0. The topological polar surface area (TPSA) is 104 Å². The van der Waals surface area contributed by atoms with E-state index in [1.54, 1.807) is 19.1 Å². The molecule has 0 saturated carbocycles. The van der Waals surface area contributed by atoms with Crippen molar-refractivity contribution >= 4 is 40.1 Å². The first kappa shape index (κ1) is 23.9. The molecule has 4 rings (SSSR count). The molecular weight excluding hydrogens is 462 g/mol. The smallest absolute Gasteiger partial charge is 0.337 e. The van der Waals surface area contributed by atoms with E-state index in [9.17, 15) is 14.9 Å². The Balaban J connectivity index is 1.57. The Bertz CT molecular complexity index is 1380. The van der Waals surface area contributed by atoms with Crippen molar-refractivity contribution in [3.63, 3.8) is 0 Å². The summed E-state index contributed by atoms with van der Waals surface area (Å²) < 4.78 is 10.8. The standard InChI is InChI=1S/C27H23N3O4S/c1-3-13-34-27(32)24-17(2)29-26(20(15-28)25(24)22-12-7-14-33-22)35-16-23(31)30-21-11-6-9-18-8-4-5-10-19(18)21/h3-12,14,25,29H,1,13,16H2,2H3,(H,30,31)/t25-/m0/s1. The van der Waals surface area contributed by atoms with Gasteiger partial charge in [0.2, 0.25) is 5.91 Å². The molecule has 0 spiro atoms. The molecule has 1 aliphatic heterocycles. The second-order valence-corrected chi connectivity index (χ2v) is 8.70. The first-order chi connectivity index (χ1) is 17.0. The predicted molar refractivity (Wildman–Crippen MR) is 136 cm³/mol. The van der Waals surface area contributed by atoms with E-state index < -0.39 is 11.9 Å². The number of esters is 1. The number of nitrogens with one attached hydrogen (secondary N) is 2. The van der Waals surface area contributed by atoms with Crippen molar-refractivity contribution in [2.45, 2.75) is 12.8 Å². The minimum Gasteiger partial charge on any atom is -0.468 e. The van der Waals surface area contributed by atoms with Gasteiger partial charge in [-0.1, -0.05) is 60.8 Å². The molecule has 35 heavy (non-hydrogen) atoms. The maximum absolute atomic E-state index is 12.8. The largest absolute Gasteiger partial charge is 0.468 e. The Morgan fingerprint density at radius 2 is 2.03 bits per heavy atom. The van der Waals surface area contributed by atoms with Gasteiger partial charge < -0.3 is 19.8 Å². The van der Waals surface area contributed by atoms with Gasteiger partial charge in [-0.05, 0) is 30.5 Å². The Labute approximate surface area is 207 Å². The van der Waals surface area contributed by atoms with Gasteiger partial charge in [0, 0.05) is 16.8 Å². The third-order valence-corrected chi connectivity index (χ3v) is 6.46. The molecule has 1 aromatic heterocycles. The molecule has 0 saturated heterocycles. The van der Waals surface area contributed by atoms with Crippen LogP contribution in [0.4, 0.5) is 5.69 Å². The predicted octanol–water partition coefficient (Wildman–Crippen LogP) is 5.23. The van der Waals surface area contributed by atoms with Crippen molar-refractivity contribution in [1.29, 1.82) is 5.26 Å². The highest BCUT2D eigenvalue weighted by atomic mass is 32.2. The van der Waals surface area contributed by atoms with Gasteiger partial charge in [0.25, 0.3) is 0 Å². The molecule has 0 radical (unpaired) electrons. The van der Waals surface area contributed by atoms with E-state index in [1.165, 1.54) is 24.1 Å². The highest BCUT2D eigenvalue weighted by molar-refractivity contribution is 8.03. The summed E-state index contributed by atoms with van der Waals surface area (Å²) in [7, 11) is 0. The highest BCUT2D eigenvalue weighted by Gasteiger charge is 2.37. The molecule has 0 fully saturated rings. The summed E-state index contributed by atoms with van der Waals surface area (Å²) >= 11 is 1.19. The van der Waals surface area contributed by atoms with Crippen molar-refractivity contribution in [1.82, 2.24) is 5.32 Å². The number of rotatable bonds is 8. The molecule has 8 heteroatoms. The number of benzene rings is 2. The van der Waals surface area contributed by atoms with Crippen LogP contribution in [-0.4, -0.2) is 24.2 Å². The van der Waals surface area contributed by atoms with E-state index >= 15 is 0 Å². The third-order valence-electron chi connectivity index (χ3n) is 5.44. The van der Waals surface area contributed by atoms with Crippen LogP contribution in [0.2, 0.25) is 0 Å². The number of furan rings is 1. The highest BCUT2D eigenvalue weighted by Crippen LogP contribution is 2.41. The average molecular weight is 486 g/mol. The molecule has 1 amide bonds. The lowest BCUT2D eigenvalue weighted by molar-refractivity contribution is -0.138. The van der Waals surface area contributed by atoms with Gasteiger partial charge >= 0.3 is 5.97 Å². The number of hydrogen-bond donors (Lipinski definition) is 2. The van der Waals surface area contributed by atoms with E-state index in [-0.39, 0.29) is 29.4 Å². The fourth-order valence-corrected chi connectivity index (χ4v) is 4.80. The van der Waals surface area contributed by atoms with Crippen molar-refractivity contribution in [2.24, 2.45) is 0 Å². The molecule has 2 aromatic carbocycles. The lowest BCUT2D eigenvalue weighted by Gasteiger charge is -2.27. The van der Waals surface area contributed by atoms with Crippen LogP contribution in [0.15, 0.2) is 99.8 Å². The quantitative estimate of drug-likeness (QED) is 0.332. The van der Waals surface area contributed by atoms with Crippen LogP contribution < -0.4 is 10.6 Å². The average Bonchev–Trinajstić information content (AvgIpc) is 3.40. The summed E-state index contributed by atoms with van der Waals surface area (Å²) in [5.41, 5.74) is 1.80. The number of allylic oxidation sites excluding steroid dienone is 2. The Kier molecular flexibility index (Phi) is 7.38. The molecule has 0 bridgehead atoms. The van der Waals surface area contributed by atoms with Crippen molar-refractivity contribution in [3.8, 4) is 6.07 Å². The minimum atomic E-state index is -0.753. The van der Waals surface area contributed by atoms with Gasteiger partial charge in [-0.2, -0.15) is 5.26 Å². The zero-order chi connectivity index (χ0) is 24.8. The van der Waals surface area contributed by atoms with Crippen LogP contribution in [-0.2, 0) is 14.3 Å². The Hall–Kier alpha value is -4.22.